The Balaban J connectivity index is 1.42. The van der Waals surface area contributed by atoms with Gasteiger partial charge in [0.05, 0.1) is 17.7 Å². The smallest absolute Gasteiger partial charge is 0.333 e. The molecule has 0 saturated carbocycles. The number of aromatic nitrogens is 2. The van der Waals surface area contributed by atoms with E-state index in [1.54, 1.807) is 6.92 Å². The molecular weight excluding hydrogens is 380 g/mol. The Bertz CT molecular complexity index is 1100. The first-order chi connectivity index (χ1) is 14.7. The number of rotatable bonds is 9. The van der Waals surface area contributed by atoms with Gasteiger partial charge in [-0.25, -0.2) is 9.78 Å². The highest BCUT2D eigenvalue weighted by Crippen LogP contribution is 2.36. The zero-order valence-corrected chi connectivity index (χ0v) is 16.9. The van der Waals surface area contributed by atoms with Crippen LogP contribution in [0.5, 0.6) is 5.75 Å². The highest BCUT2D eigenvalue weighted by molar-refractivity contribution is 6.03. The minimum Gasteiger partial charge on any atom is -0.493 e. The lowest BCUT2D eigenvalue weighted by Crippen LogP contribution is -2.26. The molecule has 2 heterocycles. The molecule has 0 radical (unpaired) electrons. The van der Waals surface area contributed by atoms with Gasteiger partial charge >= 0.3 is 5.97 Å². The molecule has 1 aromatic heterocycles. The molecule has 1 unspecified atom stereocenters. The summed E-state index contributed by atoms with van der Waals surface area (Å²) in [6, 6.07) is 13.8. The zero-order chi connectivity index (χ0) is 20.9. The van der Waals surface area contributed by atoms with E-state index in [0.29, 0.717) is 19.6 Å². The van der Waals surface area contributed by atoms with Crippen LogP contribution < -0.4 is 9.72 Å². The monoisotopic (exact) mass is 405 g/mol. The predicted octanol–water partition coefficient (Wildman–Crippen LogP) is 3.74. The van der Waals surface area contributed by atoms with E-state index in [2.05, 4.69) is 22.1 Å². The van der Waals surface area contributed by atoms with Crippen molar-refractivity contribution in [3.8, 4) is 17.0 Å². The van der Waals surface area contributed by atoms with Gasteiger partial charge in [0.2, 0.25) is 0 Å². The van der Waals surface area contributed by atoms with Gasteiger partial charge in [-0.2, -0.15) is 0 Å². The molecule has 0 amide bonds. The number of benzene rings is 1. The molecule has 2 aromatic rings. The molecule has 6 nitrogen and oxygen atoms in total. The summed E-state index contributed by atoms with van der Waals surface area (Å²) in [5, 5.41) is 11.6. The Morgan fingerprint density at radius 1 is 1.17 bits per heavy atom. The molecular formula is C24H25N2O4+. The number of carbonyl (C=O) groups is 1. The molecule has 4 rings (SSSR count). The minimum atomic E-state index is -0.944. The van der Waals surface area contributed by atoms with Gasteiger partial charge < -0.3 is 19.6 Å². The van der Waals surface area contributed by atoms with Gasteiger partial charge in [0.1, 0.15) is 5.75 Å². The first-order valence-corrected chi connectivity index (χ1v) is 10.1. The van der Waals surface area contributed by atoms with Crippen LogP contribution in [0.3, 0.4) is 0 Å². The summed E-state index contributed by atoms with van der Waals surface area (Å²) in [7, 11) is 0. The van der Waals surface area contributed by atoms with E-state index in [0.717, 1.165) is 23.4 Å². The van der Waals surface area contributed by atoms with Crippen molar-refractivity contribution in [3.05, 3.63) is 72.2 Å². The van der Waals surface area contributed by atoms with Crippen molar-refractivity contribution < 1.29 is 24.4 Å². The molecule has 0 spiro atoms. The maximum absolute atomic E-state index is 11.2. The highest BCUT2D eigenvalue weighted by atomic mass is 16.5. The predicted molar refractivity (Wildman–Crippen MR) is 114 cm³/mol. The molecule has 2 aliphatic rings. The molecule has 0 fully saturated rings. The van der Waals surface area contributed by atoms with E-state index in [-0.39, 0.29) is 0 Å². The normalized spacial score (nSPS) is 12.3. The van der Waals surface area contributed by atoms with Crippen molar-refractivity contribution in [1.82, 2.24) is 4.98 Å². The third kappa shape index (κ3) is 4.14. The number of fused-ring (bicyclic) bond motifs is 3. The number of H-pyrrole nitrogens is 2. The van der Waals surface area contributed by atoms with Crippen LogP contribution in [0.1, 0.15) is 18.1 Å². The van der Waals surface area contributed by atoms with Crippen molar-refractivity contribution in [2.75, 3.05) is 13.2 Å². The van der Waals surface area contributed by atoms with Crippen LogP contribution in [0.15, 0.2) is 61.1 Å². The number of carboxylic acids is 1. The number of hydrogen-bond acceptors (Lipinski definition) is 3. The number of carboxylic acid groups (broad SMARTS) is 1. The van der Waals surface area contributed by atoms with Crippen LogP contribution in [0.25, 0.3) is 22.0 Å². The molecule has 1 aliphatic heterocycles. The first kappa shape index (κ1) is 19.9. The second-order valence-electron chi connectivity index (χ2n) is 7.14. The fourth-order valence-corrected chi connectivity index (χ4v) is 3.85. The average Bonchev–Trinajstić information content (AvgIpc) is 3.09. The number of hydrogen-bond donors (Lipinski definition) is 2. The number of ether oxygens (including phenoxy) is 2. The number of aromatic amines is 2. The Morgan fingerprint density at radius 3 is 2.77 bits per heavy atom. The molecule has 3 N–H and O–H groups in total. The lowest BCUT2D eigenvalue weighted by atomic mass is 10.1. The lowest BCUT2D eigenvalue weighted by molar-refractivity contribution is -0.375. The third-order valence-electron chi connectivity index (χ3n) is 5.25. The van der Waals surface area contributed by atoms with Gasteiger partial charge in [-0.15, -0.1) is 0 Å². The first-order valence-electron chi connectivity index (χ1n) is 10.1. The zero-order valence-electron chi connectivity index (χ0n) is 16.9. The maximum Gasteiger partial charge on any atom is 0.333 e. The number of nitrogens with one attached hydrogen (secondary N) is 2. The van der Waals surface area contributed by atoms with Crippen LogP contribution in [0.2, 0.25) is 0 Å². The van der Waals surface area contributed by atoms with Crippen LogP contribution in [0.4, 0.5) is 0 Å². The Hall–Kier alpha value is -3.38. The highest BCUT2D eigenvalue weighted by Gasteiger charge is 2.19. The van der Waals surface area contributed by atoms with Crippen molar-refractivity contribution in [2.24, 2.45) is 0 Å². The minimum absolute atomic E-state index is 0.335. The summed E-state index contributed by atoms with van der Waals surface area (Å²) in [6.07, 6.45) is 6.20. The van der Waals surface area contributed by atoms with Gasteiger partial charge in [0, 0.05) is 42.7 Å². The quantitative estimate of drug-likeness (QED) is 0.444. The molecule has 154 valence electrons. The summed E-state index contributed by atoms with van der Waals surface area (Å²) >= 11 is 0. The molecule has 1 aliphatic carbocycles. The van der Waals surface area contributed by atoms with E-state index >= 15 is 0 Å². The van der Waals surface area contributed by atoms with Gasteiger partial charge in [-0.05, 0) is 36.2 Å². The van der Waals surface area contributed by atoms with E-state index in [1.165, 1.54) is 21.9 Å². The number of pyridine rings is 2. The standard InChI is InChI=1S/C24H24N2O4/c1-2-29-22(24(27)28)14-16-5-7-17(8-6-16)30-13-10-20-21-15-25-12-9-18(21)19-4-3-11-26-23(19)20/h3-9,11-12,15,22,26H,2,10,13-14H2,1H3,(H,27,28)/p+1. The van der Waals surface area contributed by atoms with Crippen molar-refractivity contribution in [1.29, 1.82) is 0 Å². The second kappa shape index (κ2) is 8.97. The van der Waals surface area contributed by atoms with Crippen LogP contribution in [-0.2, 0) is 22.4 Å². The second-order valence-corrected chi connectivity index (χ2v) is 7.14. The van der Waals surface area contributed by atoms with Crippen LogP contribution in [-0.4, -0.2) is 35.4 Å². The average molecular weight is 405 g/mol. The van der Waals surface area contributed by atoms with Crippen molar-refractivity contribution in [2.45, 2.75) is 25.9 Å². The van der Waals surface area contributed by atoms with E-state index in [4.69, 9.17) is 9.47 Å². The summed E-state index contributed by atoms with van der Waals surface area (Å²) in [5.74, 6) is -0.182. The Morgan fingerprint density at radius 2 is 2.00 bits per heavy atom. The largest absolute Gasteiger partial charge is 0.493 e. The molecule has 1 atom stereocenters. The Kier molecular flexibility index (Phi) is 5.95. The summed E-state index contributed by atoms with van der Waals surface area (Å²) in [4.78, 5) is 17.8. The molecule has 0 bridgehead atoms. The fourth-order valence-electron chi connectivity index (χ4n) is 3.85. The van der Waals surface area contributed by atoms with E-state index in [9.17, 15) is 9.90 Å². The van der Waals surface area contributed by atoms with Gasteiger partial charge in [-0.1, -0.05) is 18.2 Å². The maximum atomic E-state index is 11.2. The number of aliphatic carboxylic acids is 1. The molecule has 6 heteroatoms. The third-order valence-corrected chi connectivity index (χ3v) is 5.25. The van der Waals surface area contributed by atoms with Gasteiger partial charge in [0.25, 0.3) is 0 Å². The van der Waals surface area contributed by atoms with Gasteiger partial charge in [-0.3, -0.25) is 0 Å². The summed E-state index contributed by atoms with van der Waals surface area (Å²) < 4.78 is 11.2. The van der Waals surface area contributed by atoms with Gasteiger partial charge in [0.15, 0.2) is 18.5 Å². The molecule has 30 heavy (non-hydrogen) atoms. The van der Waals surface area contributed by atoms with Crippen molar-refractivity contribution >= 4 is 16.7 Å². The fraction of sp³-hybridized carbons (Fsp3) is 0.250. The molecule has 0 saturated heterocycles. The summed E-state index contributed by atoms with van der Waals surface area (Å²) in [6.45, 7) is 2.71. The Labute approximate surface area is 174 Å². The summed E-state index contributed by atoms with van der Waals surface area (Å²) in [5.41, 5.74) is 4.49. The van der Waals surface area contributed by atoms with E-state index in [1.807, 2.05) is 48.9 Å². The SMILES string of the molecule is CCOC(Cc1ccc(OCCc2c3[nH]cccc-3c3cc[nH+]cc23)cc1)C(=O)O. The lowest BCUT2D eigenvalue weighted by Gasteiger charge is -2.13. The topological polar surface area (TPSA) is 85.7 Å². The van der Waals surface area contributed by atoms with Crippen molar-refractivity contribution in [3.63, 3.8) is 0 Å². The van der Waals surface area contributed by atoms with Crippen LogP contribution >= 0.6 is 0 Å². The molecule has 1 aromatic carbocycles. The van der Waals surface area contributed by atoms with Crippen LogP contribution in [0, 0.1) is 0 Å². The van der Waals surface area contributed by atoms with E-state index < -0.39 is 12.1 Å².